The minimum absolute atomic E-state index is 0.562. The van der Waals surface area contributed by atoms with Gasteiger partial charge in [0.1, 0.15) is 0 Å². The van der Waals surface area contributed by atoms with E-state index in [9.17, 15) is 0 Å². The van der Waals surface area contributed by atoms with Crippen molar-refractivity contribution in [3.63, 3.8) is 0 Å². The van der Waals surface area contributed by atoms with Gasteiger partial charge in [0.05, 0.1) is 0 Å². The quantitative estimate of drug-likeness (QED) is 0.318. The Morgan fingerprint density at radius 2 is 1.25 bits per heavy atom. The van der Waals surface area contributed by atoms with Gasteiger partial charge in [-0.25, -0.2) is 0 Å². The Morgan fingerprint density at radius 3 is 1.78 bits per heavy atom. The van der Waals surface area contributed by atoms with Crippen LogP contribution in [0.15, 0.2) is 91.0 Å². The topological polar surface area (TPSA) is 0 Å². The van der Waals surface area contributed by atoms with Crippen molar-refractivity contribution < 1.29 is 0 Å². The molecule has 0 spiro atoms. The summed E-state index contributed by atoms with van der Waals surface area (Å²) in [7, 11) is 0. The molecule has 32 heavy (non-hydrogen) atoms. The summed E-state index contributed by atoms with van der Waals surface area (Å²) in [6, 6.07) is 29.9. The van der Waals surface area contributed by atoms with E-state index in [-0.39, 0.29) is 0 Å². The summed E-state index contributed by atoms with van der Waals surface area (Å²) in [5, 5.41) is 0. The molecule has 166 valence electrons. The summed E-state index contributed by atoms with van der Waals surface area (Å²) in [5.41, 5.74) is 7.43. The molecule has 0 saturated heterocycles. The lowest BCUT2D eigenvalue weighted by Gasteiger charge is -2.29. The fourth-order valence-corrected chi connectivity index (χ4v) is 5.31. The molecule has 0 aliphatic heterocycles. The predicted octanol–water partition coefficient (Wildman–Crippen LogP) is 8.98. The molecule has 0 unspecified atom stereocenters. The monoisotopic (exact) mass is 422 g/mol. The summed E-state index contributed by atoms with van der Waals surface area (Å²) in [4.78, 5) is 0. The molecule has 1 fully saturated rings. The number of aryl methyl sites for hydroxylation is 1. The van der Waals surface area contributed by atoms with E-state index in [1.54, 1.807) is 11.1 Å². The van der Waals surface area contributed by atoms with Crippen LogP contribution in [-0.4, -0.2) is 0 Å². The van der Waals surface area contributed by atoms with Crippen LogP contribution in [0, 0.1) is 0 Å². The summed E-state index contributed by atoms with van der Waals surface area (Å²) >= 11 is 0. The van der Waals surface area contributed by atoms with E-state index < -0.39 is 0 Å². The van der Waals surface area contributed by atoms with E-state index in [4.69, 9.17) is 0 Å². The standard InChI is InChI=1S/C32H38/c1-3-4-6-9-26-12-16-29(17-13-26)31-20-22-32(23-21-31)30-18-14-27(15-19-30)24-25(2)28-10-7-5-8-11-28/h3-5,7-8,10-19,25,31-32H,6,9,20-24H2,1-2H3/t25-,31?,32?/m1/s1. The zero-order valence-electron chi connectivity index (χ0n) is 19.8. The van der Waals surface area contributed by atoms with Crippen molar-refractivity contribution in [2.45, 2.75) is 76.5 Å². The molecule has 1 atom stereocenters. The first-order valence-electron chi connectivity index (χ1n) is 12.6. The van der Waals surface area contributed by atoms with Gasteiger partial charge in [-0.3, -0.25) is 0 Å². The maximum atomic E-state index is 2.40. The molecular formula is C32H38. The number of allylic oxidation sites excluding steroid dienone is 2. The average Bonchev–Trinajstić information content (AvgIpc) is 2.86. The highest BCUT2D eigenvalue weighted by Crippen LogP contribution is 2.40. The van der Waals surface area contributed by atoms with Crippen LogP contribution < -0.4 is 0 Å². The van der Waals surface area contributed by atoms with Crippen molar-refractivity contribution in [1.82, 2.24) is 0 Å². The van der Waals surface area contributed by atoms with Crippen molar-refractivity contribution in [3.8, 4) is 0 Å². The van der Waals surface area contributed by atoms with Crippen molar-refractivity contribution in [1.29, 1.82) is 0 Å². The third kappa shape index (κ3) is 6.00. The Hall–Kier alpha value is -2.60. The van der Waals surface area contributed by atoms with Gasteiger partial charge in [0.2, 0.25) is 0 Å². The van der Waals surface area contributed by atoms with Gasteiger partial charge in [-0.15, -0.1) is 0 Å². The smallest absolute Gasteiger partial charge is 0.0150 e. The van der Waals surface area contributed by atoms with E-state index in [2.05, 4.69) is 105 Å². The molecule has 3 aromatic carbocycles. The predicted molar refractivity (Wildman–Crippen MR) is 139 cm³/mol. The second kappa shape index (κ2) is 11.3. The van der Waals surface area contributed by atoms with Crippen LogP contribution in [0.3, 0.4) is 0 Å². The Morgan fingerprint density at radius 1 is 0.719 bits per heavy atom. The van der Waals surface area contributed by atoms with Crippen LogP contribution >= 0.6 is 0 Å². The SMILES string of the molecule is CC=CCCc1ccc(C2CCC(c3ccc(C[C@@H](C)c4ccccc4)cc3)CC2)cc1. The second-order valence-electron chi connectivity index (χ2n) is 9.66. The number of rotatable bonds is 8. The largest absolute Gasteiger partial charge is 0.0917 e. The second-order valence-corrected chi connectivity index (χ2v) is 9.66. The van der Waals surface area contributed by atoms with Crippen LogP contribution in [0.2, 0.25) is 0 Å². The highest BCUT2D eigenvalue weighted by Gasteiger charge is 2.23. The van der Waals surface area contributed by atoms with Gasteiger partial charge in [-0.05, 0) is 97.4 Å². The van der Waals surface area contributed by atoms with Crippen LogP contribution in [0.1, 0.15) is 91.5 Å². The maximum absolute atomic E-state index is 2.40. The Balaban J connectivity index is 1.28. The average molecular weight is 423 g/mol. The molecular weight excluding hydrogens is 384 g/mol. The number of benzene rings is 3. The molecule has 0 nitrogen and oxygen atoms in total. The van der Waals surface area contributed by atoms with Gasteiger partial charge in [0, 0.05) is 0 Å². The third-order valence-corrected chi connectivity index (χ3v) is 7.38. The van der Waals surface area contributed by atoms with Crippen molar-refractivity contribution in [3.05, 3.63) is 119 Å². The van der Waals surface area contributed by atoms with E-state index in [1.807, 2.05) is 0 Å². The van der Waals surface area contributed by atoms with E-state index in [0.717, 1.165) is 31.1 Å². The lowest BCUT2D eigenvalue weighted by Crippen LogP contribution is -2.12. The Labute approximate surface area is 195 Å². The molecule has 1 aliphatic carbocycles. The summed E-state index contributed by atoms with van der Waals surface area (Å²) in [6.07, 6.45) is 13.1. The van der Waals surface area contributed by atoms with Crippen molar-refractivity contribution in [2.75, 3.05) is 0 Å². The molecule has 1 saturated carbocycles. The molecule has 1 aliphatic rings. The highest BCUT2D eigenvalue weighted by atomic mass is 14.3. The van der Waals surface area contributed by atoms with Gasteiger partial charge in [0.25, 0.3) is 0 Å². The molecule has 0 bridgehead atoms. The molecule has 0 radical (unpaired) electrons. The van der Waals surface area contributed by atoms with Crippen LogP contribution in [-0.2, 0) is 12.8 Å². The van der Waals surface area contributed by atoms with Crippen LogP contribution in [0.4, 0.5) is 0 Å². The normalized spacial score (nSPS) is 19.8. The molecule has 0 aromatic heterocycles. The van der Waals surface area contributed by atoms with Crippen molar-refractivity contribution in [2.24, 2.45) is 0 Å². The van der Waals surface area contributed by atoms with Crippen LogP contribution in [0.5, 0.6) is 0 Å². The van der Waals surface area contributed by atoms with Gasteiger partial charge in [0.15, 0.2) is 0 Å². The molecule has 0 N–H and O–H groups in total. The first-order chi connectivity index (χ1) is 15.7. The van der Waals surface area contributed by atoms with E-state index in [1.165, 1.54) is 42.4 Å². The van der Waals surface area contributed by atoms with Gasteiger partial charge < -0.3 is 0 Å². The molecule has 4 rings (SSSR count). The fraction of sp³-hybridized carbons (Fsp3) is 0.375. The zero-order valence-corrected chi connectivity index (χ0v) is 19.8. The van der Waals surface area contributed by atoms with Gasteiger partial charge in [-0.1, -0.05) is 97.9 Å². The lowest BCUT2D eigenvalue weighted by atomic mass is 9.76. The molecule has 0 heterocycles. The molecule has 0 heteroatoms. The summed E-state index contributed by atoms with van der Waals surface area (Å²) < 4.78 is 0. The Bertz CT molecular complexity index is 955. The number of hydrogen-bond donors (Lipinski definition) is 0. The van der Waals surface area contributed by atoms with Crippen molar-refractivity contribution >= 4 is 0 Å². The zero-order chi connectivity index (χ0) is 22.2. The maximum Gasteiger partial charge on any atom is -0.0150 e. The van der Waals surface area contributed by atoms with Gasteiger partial charge >= 0.3 is 0 Å². The summed E-state index contributed by atoms with van der Waals surface area (Å²) in [5.74, 6) is 2.03. The summed E-state index contributed by atoms with van der Waals surface area (Å²) in [6.45, 7) is 4.43. The fourth-order valence-electron chi connectivity index (χ4n) is 5.31. The molecule has 0 amide bonds. The highest BCUT2D eigenvalue weighted by molar-refractivity contribution is 5.30. The first-order valence-corrected chi connectivity index (χ1v) is 12.6. The first kappa shape index (κ1) is 22.6. The Kier molecular flexibility index (Phi) is 7.99. The minimum atomic E-state index is 0.562. The minimum Gasteiger partial charge on any atom is -0.0917 e. The van der Waals surface area contributed by atoms with E-state index >= 15 is 0 Å². The van der Waals surface area contributed by atoms with E-state index in [0.29, 0.717) is 5.92 Å². The third-order valence-electron chi connectivity index (χ3n) is 7.38. The number of hydrogen-bond acceptors (Lipinski definition) is 0. The van der Waals surface area contributed by atoms with Gasteiger partial charge in [-0.2, -0.15) is 0 Å². The molecule has 3 aromatic rings. The lowest BCUT2D eigenvalue weighted by molar-refractivity contribution is 0.396. The van der Waals surface area contributed by atoms with Crippen LogP contribution in [0.25, 0.3) is 0 Å².